The molecule has 0 unspecified atom stereocenters. The van der Waals surface area contributed by atoms with Crippen LogP contribution in [-0.2, 0) is 9.53 Å². The number of carbonyl (C=O) groups is 1. The molecule has 2 rings (SSSR count). The van der Waals surface area contributed by atoms with Crippen molar-refractivity contribution >= 4 is 28.0 Å². The second-order valence-electron chi connectivity index (χ2n) is 4.81. The molecule has 0 aliphatic carbocycles. The van der Waals surface area contributed by atoms with Gasteiger partial charge in [0.2, 0.25) is 0 Å². The zero-order chi connectivity index (χ0) is 16.1. The van der Waals surface area contributed by atoms with Gasteiger partial charge in [-0.2, -0.15) is 5.26 Å². The minimum atomic E-state index is -0.656. The smallest absolute Gasteiger partial charge is 0.349 e. The molecular weight excluding hydrogens is 346 g/mol. The molecular formula is C17H14BrNO3. The quantitative estimate of drug-likeness (QED) is 0.455. The van der Waals surface area contributed by atoms with Crippen LogP contribution in [0.5, 0.6) is 0 Å². The van der Waals surface area contributed by atoms with Crippen LogP contribution in [0.25, 0.3) is 17.4 Å². The highest BCUT2D eigenvalue weighted by atomic mass is 79.9. The fourth-order valence-electron chi connectivity index (χ4n) is 1.79. The molecule has 1 aromatic carbocycles. The van der Waals surface area contributed by atoms with Crippen LogP contribution < -0.4 is 0 Å². The number of carbonyl (C=O) groups excluding carboxylic acids is 1. The molecule has 0 spiro atoms. The van der Waals surface area contributed by atoms with Crippen molar-refractivity contribution in [3.8, 4) is 17.4 Å². The van der Waals surface area contributed by atoms with Crippen LogP contribution in [0.1, 0.15) is 19.6 Å². The third-order valence-electron chi connectivity index (χ3n) is 2.74. The zero-order valence-electron chi connectivity index (χ0n) is 12.2. The average Bonchev–Trinajstić information content (AvgIpc) is 2.92. The number of benzene rings is 1. The van der Waals surface area contributed by atoms with Crippen molar-refractivity contribution < 1.29 is 13.9 Å². The predicted molar refractivity (Wildman–Crippen MR) is 86.7 cm³/mol. The van der Waals surface area contributed by atoms with Gasteiger partial charge in [0, 0.05) is 16.1 Å². The molecule has 112 valence electrons. The van der Waals surface area contributed by atoms with Crippen molar-refractivity contribution in [2.75, 3.05) is 0 Å². The van der Waals surface area contributed by atoms with Gasteiger partial charge < -0.3 is 9.15 Å². The van der Waals surface area contributed by atoms with Crippen LogP contribution in [0.3, 0.4) is 0 Å². The molecule has 0 radical (unpaired) electrons. The molecule has 0 aliphatic heterocycles. The van der Waals surface area contributed by atoms with E-state index in [9.17, 15) is 4.79 Å². The molecule has 0 saturated carbocycles. The SMILES string of the molecule is CC(C)OC(=O)/C(C#N)=C/c1ccc(-c2ccccc2Br)o1. The van der Waals surface area contributed by atoms with Gasteiger partial charge in [-0.25, -0.2) is 4.79 Å². The number of halogens is 1. The summed E-state index contributed by atoms with van der Waals surface area (Å²) in [5.41, 5.74) is 0.798. The normalized spacial score (nSPS) is 11.3. The summed E-state index contributed by atoms with van der Waals surface area (Å²) in [5, 5.41) is 9.07. The fraction of sp³-hybridized carbons (Fsp3) is 0.176. The van der Waals surface area contributed by atoms with Crippen molar-refractivity contribution in [3.05, 3.63) is 52.2 Å². The Morgan fingerprint density at radius 2 is 2.05 bits per heavy atom. The van der Waals surface area contributed by atoms with Gasteiger partial charge in [-0.3, -0.25) is 0 Å². The molecule has 0 amide bonds. The first kappa shape index (κ1) is 16.1. The maximum absolute atomic E-state index is 11.8. The second kappa shape index (κ2) is 7.10. The summed E-state index contributed by atoms with van der Waals surface area (Å²) in [5.74, 6) is 0.410. The van der Waals surface area contributed by atoms with Gasteiger partial charge in [-0.1, -0.05) is 34.1 Å². The Hall–Kier alpha value is -2.32. The Balaban J connectivity index is 2.28. The monoisotopic (exact) mass is 359 g/mol. The van der Waals surface area contributed by atoms with Gasteiger partial charge in [0.1, 0.15) is 23.2 Å². The van der Waals surface area contributed by atoms with E-state index in [1.807, 2.05) is 30.3 Å². The Morgan fingerprint density at radius 3 is 2.68 bits per heavy atom. The topological polar surface area (TPSA) is 63.2 Å². The average molecular weight is 360 g/mol. The standard InChI is InChI=1S/C17H14BrNO3/c1-11(2)21-17(20)12(10-19)9-13-7-8-16(22-13)14-5-3-4-6-15(14)18/h3-9,11H,1-2H3/b12-9+. The summed E-state index contributed by atoms with van der Waals surface area (Å²) in [6.45, 7) is 3.45. The molecule has 0 atom stereocenters. The number of nitriles is 1. The summed E-state index contributed by atoms with van der Waals surface area (Å²) in [7, 11) is 0. The highest BCUT2D eigenvalue weighted by Gasteiger charge is 2.14. The van der Waals surface area contributed by atoms with Gasteiger partial charge in [0.15, 0.2) is 0 Å². The number of hydrogen-bond acceptors (Lipinski definition) is 4. The fourth-order valence-corrected chi connectivity index (χ4v) is 2.27. The summed E-state index contributed by atoms with van der Waals surface area (Å²) < 4.78 is 11.6. The first-order valence-corrected chi connectivity index (χ1v) is 7.48. The van der Waals surface area contributed by atoms with Gasteiger partial charge >= 0.3 is 5.97 Å². The number of furan rings is 1. The molecule has 0 N–H and O–H groups in total. The third kappa shape index (κ3) is 3.86. The van der Waals surface area contributed by atoms with Crippen LogP contribution in [0.4, 0.5) is 0 Å². The van der Waals surface area contributed by atoms with E-state index in [1.54, 1.807) is 26.0 Å². The summed E-state index contributed by atoms with van der Waals surface area (Å²) >= 11 is 3.46. The molecule has 4 nitrogen and oxygen atoms in total. The van der Waals surface area contributed by atoms with Crippen LogP contribution >= 0.6 is 15.9 Å². The van der Waals surface area contributed by atoms with Crippen molar-refractivity contribution in [3.63, 3.8) is 0 Å². The van der Waals surface area contributed by atoms with E-state index in [2.05, 4.69) is 15.9 Å². The van der Waals surface area contributed by atoms with Crippen LogP contribution in [0, 0.1) is 11.3 Å². The molecule has 0 aliphatic rings. The number of rotatable bonds is 4. The maximum atomic E-state index is 11.8. The van der Waals surface area contributed by atoms with Crippen molar-refractivity contribution in [1.29, 1.82) is 5.26 Å². The first-order chi connectivity index (χ1) is 10.5. The highest BCUT2D eigenvalue weighted by Crippen LogP contribution is 2.29. The Kier molecular flexibility index (Phi) is 5.18. The van der Waals surface area contributed by atoms with E-state index < -0.39 is 5.97 Å². The summed E-state index contributed by atoms with van der Waals surface area (Å²) in [6, 6.07) is 13.0. The zero-order valence-corrected chi connectivity index (χ0v) is 13.8. The van der Waals surface area contributed by atoms with E-state index in [0.717, 1.165) is 10.0 Å². The number of nitrogens with zero attached hydrogens (tertiary/aromatic N) is 1. The number of hydrogen-bond donors (Lipinski definition) is 0. The minimum Gasteiger partial charge on any atom is -0.459 e. The lowest BCUT2D eigenvalue weighted by molar-refractivity contribution is -0.142. The second-order valence-corrected chi connectivity index (χ2v) is 5.66. The number of ether oxygens (including phenoxy) is 1. The van der Waals surface area contributed by atoms with Crippen LogP contribution in [0.2, 0.25) is 0 Å². The first-order valence-electron chi connectivity index (χ1n) is 6.68. The molecule has 5 heteroatoms. The Labute approximate surface area is 137 Å². The number of esters is 1. The van der Waals surface area contributed by atoms with Gasteiger partial charge in [-0.15, -0.1) is 0 Å². The summed E-state index contributed by atoms with van der Waals surface area (Å²) in [6.07, 6.45) is 1.10. The molecule has 0 bridgehead atoms. The van der Waals surface area contributed by atoms with Crippen molar-refractivity contribution in [2.24, 2.45) is 0 Å². The Morgan fingerprint density at radius 1 is 1.32 bits per heavy atom. The largest absolute Gasteiger partial charge is 0.459 e. The molecule has 1 heterocycles. The van der Waals surface area contributed by atoms with Crippen LogP contribution in [-0.4, -0.2) is 12.1 Å². The molecule has 22 heavy (non-hydrogen) atoms. The molecule has 0 saturated heterocycles. The maximum Gasteiger partial charge on any atom is 0.349 e. The van der Waals surface area contributed by atoms with Gasteiger partial charge in [-0.05, 0) is 32.0 Å². The van der Waals surface area contributed by atoms with Crippen molar-refractivity contribution in [1.82, 2.24) is 0 Å². The molecule has 1 aromatic heterocycles. The van der Waals surface area contributed by atoms with E-state index >= 15 is 0 Å². The van der Waals surface area contributed by atoms with E-state index in [1.165, 1.54) is 6.08 Å². The van der Waals surface area contributed by atoms with E-state index in [-0.39, 0.29) is 11.7 Å². The molecule has 0 fully saturated rings. The summed E-state index contributed by atoms with van der Waals surface area (Å²) in [4.78, 5) is 11.8. The third-order valence-corrected chi connectivity index (χ3v) is 3.43. The van der Waals surface area contributed by atoms with Crippen molar-refractivity contribution in [2.45, 2.75) is 20.0 Å². The highest BCUT2D eigenvalue weighted by molar-refractivity contribution is 9.10. The lowest BCUT2D eigenvalue weighted by Crippen LogP contribution is -2.12. The molecule has 2 aromatic rings. The van der Waals surface area contributed by atoms with Crippen LogP contribution in [0.15, 0.2) is 50.9 Å². The lowest BCUT2D eigenvalue weighted by atomic mass is 10.2. The van der Waals surface area contributed by atoms with E-state index in [4.69, 9.17) is 14.4 Å². The lowest BCUT2D eigenvalue weighted by Gasteiger charge is -2.05. The van der Waals surface area contributed by atoms with Gasteiger partial charge in [0.05, 0.1) is 6.10 Å². The Bertz CT molecular complexity index is 753. The minimum absolute atomic E-state index is 0.0956. The predicted octanol–water partition coefficient (Wildman–Crippen LogP) is 4.57. The van der Waals surface area contributed by atoms with E-state index in [0.29, 0.717) is 11.5 Å². The van der Waals surface area contributed by atoms with Gasteiger partial charge in [0.25, 0.3) is 0 Å².